The summed E-state index contributed by atoms with van der Waals surface area (Å²) in [6.45, 7) is 5.61. The van der Waals surface area contributed by atoms with Crippen molar-refractivity contribution in [1.82, 2.24) is 0 Å². The molecule has 50 valence electrons. The highest BCUT2D eigenvalue weighted by atomic mass is 16.5. The molecule has 0 saturated heterocycles. The maximum Gasteiger partial charge on any atom is 0.302 e. The van der Waals surface area contributed by atoms with Gasteiger partial charge in [-0.3, -0.25) is 4.79 Å². The lowest BCUT2D eigenvalue weighted by Crippen LogP contribution is -1.88. The molecule has 0 N–H and O–H groups in total. The number of ether oxygens (including phenoxy) is 1. The van der Waals surface area contributed by atoms with Crippen molar-refractivity contribution in [1.29, 1.82) is 0 Å². The fourth-order valence-corrected chi connectivity index (χ4v) is 0. The van der Waals surface area contributed by atoms with Crippen LogP contribution in [0.5, 0.6) is 0 Å². The van der Waals surface area contributed by atoms with E-state index in [0.717, 1.165) is 0 Å². The first kappa shape index (κ1) is 10.5. The van der Waals surface area contributed by atoms with Crippen molar-refractivity contribution in [3.8, 4) is 0 Å². The Labute approximate surface area is 50.8 Å². The Morgan fingerprint density at radius 3 is 1.62 bits per heavy atom. The molecule has 2 heteroatoms. The summed E-state index contributed by atoms with van der Waals surface area (Å²) < 4.78 is 4.11. The van der Waals surface area contributed by atoms with Gasteiger partial charge in [0.25, 0.3) is 0 Å². The predicted molar refractivity (Wildman–Crippen MR) is 33.7 cm³/mol. The number of hydrogen-bond donors (Lipinski definition) is 0. The molecule has 0 atom stereocenters. The van der Waals surface area contributed by atoms with Gasteiger partial charge in [0.1, 0.15) is 0 Å². The first-order chi connectivity index (χ1) is 3.68. The third-order valence-corrected chi connectivity index (χ3v) is 0.287. The third kappa shape index (κ3) is 50.6. The molecule has 0 aliphatic rings. The summed E-state index contributed by atoms with van der Waals surface area (Å²) >= 11 is 0. The minimum Gasteiger partial charge on any atom is -0.469 e. The molecule has 0 aliphatic carbocycles. The lowest BCUT2D eigenvalue weighted by Gasteiger charge is -1.80. The average molecular weight is 118 g/mol. The van der Waals surface area contributed by atoms with Crippen molar-refractivity contribution in [3.63, 3.8) is 0 Å². The van der Waals surface area contributed by atoms with Crippen molar-refractivity contribution in [2.45, 2.75) is 27.2 Å². The van der Waals surface area contributed by atoms with Crippen molar-refractivity contribution < 1.29 is 9.53 Å². The molecular formula is C6H14O2. The molecule has 8 heavy (non-hydrogen) atoms. The van der Waals surface area contributed by atoms with Gasteiger partial charge in [0.15, 0.2) is 0 Å². The highest BCUT2D eigenvalue weighted by Gasteiger charge is 1.75. The van der Waals surface area contributed by atoms with E-state index in [-0.39, 0.29) is 5.97 Å². The molecule has 0 unspecified atom stereocenters. The van der Waals surface area contributed by atoms with Crippen LogP contribution in [0.3, 0.4) is 0 Å². The fourth-order valence-electron chi connectivity index (χ4n) is 0. The summed E-state index contributed by atoms with van der Waals surface area (Å²) in [5.41, 5.74) is 0. The van der Waals surface area contributed by atoms with Crippen molar-refractivity contribution >= 4 is 5.97 Å². The van der Waals surface area contributed by atoms with Crippen LogP contribution < -0.4 is 0 Å². The van der Waals surface area contributed by atoms with Crippen LogP contribution in [0, 0.1) is 0 Å². The zero-order valence-corrected chi connectivity index (χ0v) is 6.02. The van der Waals surface area contributed by atoms with E-state index in [1.54, 1.807) is 0 Å². The van der Waals surface area contributed by atoms with Gasteiger partial charge in [0, 0.05) is 6.92 Å². The summed E-state index contributed by atoms with van der Waals surface area (Å²) in [5.74, 6) is -0.245. The lowest BCUT2D eigenvalue weighted by atomic mass is 10.6. The van der Waals surface area contributed by atoms with Crippen molar-refractivity contribution in [2.24, 2.45) is 0 Å². The molecule has 0 aromatic carbocycles. The highest BCUT2D eigenvalue weighted by Crippen LogP contribution is 1.60. The van der Waals surface area contributed by atoms with Crippen molar-refractivity contribution in [2.75, 3.05) is 7.11 Å². The second-order valence-corrected chi connectivity index (χ2v) is 1.40. The van der Waals surface area contributed by atoms with E-state index in [1.165, 1.54) is 20.5 Å². The normalized spacial score (nSPS) is 6.50. The third-order valence-electron chi connectivity index (χ3n) is 0.287. The molecule has 0 spiro atoms. The summed E-state index contributed by atoms with van der Waals surface area (Å²) in [6, 6.07) is 0. The largest absolute Gasteiger partial charge is 0.469 e. The van der Waals surface area contributed by atoms with Crippen LogP contribution in [0.25, 0.3) is 0 Å². The Bertz CT molecular complexity index is 50.5. The van der Waals surface area contributed by atoms with Crippen LogP contribution in [0.15, 0.2) is 0 Å². The Morgan fingerprint density at radius 1 is 1.50 bits per heavy atom. The maximum atomic E-state index is 9.59. The predicted octanol–water partition coefficient (Wildman–Crippen LogP) is 1.60. The first-order valence-electron chi connectivity index (χ1n) is 2.73. The average Bonchev–Trinajstić information content (AvgIpc) is 1.69. The molecule has 0 saturated carbocycles. The Morgan fingerprint density at radius 2 is 1.62 bits per heavy atom. The van der Waals surface area contributed by atoms with Gasteiger partial charge in [0.2, 0.25) is 0 Å². The van der Waals surface area contributed by atoms with Gasteiger partial charge in [-0.15, -0.1) is 0 Å². The Balaban J connectivity index is 0. The van der Waals surface area contributed by atoms with Crippen molar-refractivity contribution in [3.05, 3.63) is 0 Å². The van der Waals surface area contributed by atoms with Crippen LogP contribution in [0.1, 0.15) is 27.2 Å². The van der Waals surface area contributed by atoms with Gasteiger partial charge in [-0.2, -0.15) is 0 Å². The second kappa shape index (κ2) is 9.69. The molecule has 0 heterocycles. The van der Waals surface area contributed by atoms with Gasteiger partial charge in [-0.25, -0.2) is 0 Å². The fraction of sp³-hybridized carbons (Fsp3) is 0.833. The van der Waals surface area contributed by atoms with E-state index >= 15 is 0 Å². The van der Waals surface area contributed by atoms with Crippen LogP contribution >= 0.6 is 0 Å². The maximum absolute atomic E-state index is 9.59. The number of carbonyl (C=O) groups excluding carboxylic acids is 1. The zero-order chi connectivity index (χ0) is 6.99. The van der Waals surface area contributed by atoms with Gasteiger partial charge in [0.05, 0.1) is 7.11 Å². The van der Waals surface area contributed by atoms with Gasteiger partial charge >= 0.3 is 5.97 Å². The smallest absolute Gasteiger partial charge is 0.302 e. The zero-order valence-electron chi connectivity index (χ0n) is 6.02. The van der Waals surface area contributed by atoms with Crippen LogP contribution in [-0.2, 0) is 9.53 Å². The minimum atomic E-state index is -0.245. The topological polar surface area (TPSA) is 26.3 Å². The monoisotopic (exact) mass is 118 g/mol. The molecule has 0 aromatic rings. The summed E-state index contributed by atoms with van der Waals surface area (Å²) in [5, 5.41) is 0. The van der Waals surface area contributed by atoms with Gasteiger partial charge in [-0.1, -0.05) is 20.3 Å². The molecule has 0 bridgehead atoms. The second-order valence-electron chi connectivity index (χ2n) is 1.40. The number of hydrogen-bond acceptors (Lipinski definition) is 2. The minimum absolute atomic E-state index is 0.245. The van der Waals surface area contributed by atoms with E-state index in [0.29, 0.717) is 0 Å². The van der Waals surface area contributed by atoms with E-state index in [2.05, 4.69) is 18.6 Å². The van der Waals surface area contributed by atoms with E-state index in [9.17, 15) is 4.79 Å². The van der Waals surface area contributed by atoms with Gasteiger partial charge < -0.3 is 4.74 Å². The summed E-state index contributed by atoms with van der Waals surface area (Å²) in [6.07, 6.45) is 1.25. The first-order valence-corrected chi connectivity index (χ1v) is 2.73. The number of carbonyl (C=O) groups is 1. The highest BCUT2D eigenvalue weighted by molar-refractivity contribution is 5.65. The molecule has 0 fully saturated rings. The van der Waals surface area contributed by atoms with E-state index in [4.69, 9.17) is 0 Å². The number of rotatable bonds is 0. The lowest BCUT2D eigenvalue weighted by molar-refractivity contribution is -0.137. The molecule has 0 rings (SSSR count). The Kier molecular flexibility index (Phi) is 12.7. The molecule has 2 nitrogen and oxygen atoms in total. The van der Waals surface area contributed by atoms with Gasteiger partial charge in [-0.05, 0) is 0 Å². The van der Waals surface area contributed by atoms with E-state index in [1.807, 2.05) is 0 Å². The molecule has 0 radical (unpaired) electrons. The molecular weight excluding hydrogens is 104 g/mol. The number of methoxy groups -OCH3 is 1. The van der Waals surface area contributed by atoms with Crippen LogP contribution in [0.2, 0.25) is 0 Å². The summed E-state index contributed by atoms with van der Waals surface area (Å²) in [4.78, 5) is 9.59. The van der Waals surface area contributed by atoms with Crippen LogP contribution in [-0.4, -0.2) is 13.1 Å². The van der Waals surface area contributed by atoms with E-state index < -0.39 is 0 Å². The summed E-state index contributed by atoms with van der Waals surface area (Å²) in [7, 11) is 1.35. The SMILES string of the molecule is CCC.COC(C)=O. The molecule has 0 aliphatic heterocycles. The molecule has 0 amide bonds. The van der Waals surface area contributed by atoms with Crippen LogP contribution in [0.4, 0.5) is 0 Å². The quantitative estimate of drug-likeness (QED) is 0.451. The number of esters is 1. The molecule has 0 aromatic heterocycles. The standard InChI is InChI=1S/C3H6O2.C3H8/c1-3(4)5-2;1-3-2/h1-2H3;3H2,1-2H3. The Hall–Kier alpha value is -0.530.